The number of piperidine rings is 1. The highest BCUT2D eigenvalue weighted by Crippen LogP contribution is 2.30. The summed E-state index contributed by atoms with van der Waals surface area (Å²) in [5.41, 5.74) is 5.66. The van der Waals surface area contributed by atoms with Gasteiger partial charge in [0.15, 0.2) is 5.78 Å². The SMILES string of the molecule is COc1cccc(F)c1CN1CCC(F)C(CC(=O)c2ccc3c(c2)C(c2ccc4nccn4c2)=NC3)C1. The van der Waals surface area contributed by atoms with E-state index in [0.717, 1.165) is 28.0 Å². The lowest BCUT2D eigenvalue weighted by Crippen LogP contribution is -2.42. The molecule has 0 N–H and O–H groups in total. The van der Waals surface area contributed by atoms with Crippen LogP contribution < -0.4 is 4.74 Å². The Morgan fingerprint density at radius 1 is 1.18 bits per heavy atom. The molecule has 4 heterocycles. The number of carbonyl (C=O) groups excluding carboxylic acids is 1. The van der Waals surface area contributed by atoms with E-state index in [2.05, 4.69) is 4.98 Å². The number of halogens is 2. The van der Waals surface area contributed by atoms with Crippen LogP contribution in [-0.2, 0) is 13.1 Å². The predicted molar refractivity (Wildman–Crippen MR) is 141 cm³/mol. The molecule has 8 heteroatoms. The number of rotatable bonds is 7. The Morgan fingerprint density at radius 3 is 2.95 bits per heavy atom. The number of ether oxygens (including phenoxy) is 1. The van der Waals surface area contributed by atoms with Crippen molar-refractivity contribution < 1.29 is 18.3 Å². The summed E-state index contributed by atoms with van der Waals surface area (Å²) >= 11 is 0. The predicted octanol–water partition coefficient (Wildman–Crippen LogP) is 5.27. The molecule has 2 unspecified atom stereocenters. The lowest BCUT2D eigenvalue weighted by molar-refractivity contribution is 0.0662. The number of alkyl halides is 1. The average Bonchev–Trinajstić information content (AvgIpc) is 3.57. The Kier molecular flexibility index (Phi) is 6.49. The first-order chi connectivity index (χ1) is 18.5. The zero-order chi connectivity index (χ0) is 26.2. The Morgan fingerprint density at radius 2 is 2.08 bits per heavy atom. The lowest BCUT2D eigenvalue weighted by Gasteiger charge is -2.35. The number of Topliss-reactive ketones (excluding diaryl/α,β-unsaturated/α-hetero) is 1. The summed E-state index contributed by atoms with van der Waals surface area (Å²) < 4.78 is 36.7. The minimum absolute atomic E-state index is 0.0953. The quantitative estimate of drug-likeness (QED) is 0.316. The van der Waals surface area contributed by atoms with Crippen molar-refractivity contribution in [1.82, 2.24) is 14.3 Å². The zero-order valence-corrected chi connectivity index (χ0v) is 21.1. The molecule has 38 heavy (non-hydrogen) atoms. The minimum atomic E-state index is -1.08. The van der Waals surface area contributed by atoms with Crippen LogP contribution in [0.5, 0.6) is 5.75 Å². The van der Waals surface area contributed by atoms with Gasteiger partial charge in [-0.15, -0.1) is 0 Å². The van der Waals surface area contributed by atoms with E-state index in [1.54, 1.807) is 18.3 Å². The Bertz CT molecular complexity index is 1550. The maximum Gasteiger partial charge on any atom is 0.163 e. The molecule has 2 aromatic heterocycles. The van der Waals surface area contributed by atoms with Crippen molar-refractivity contribution in [2.75, 3.05) is 20.2 Å². The molecule has 4 aromatic rings. The highest BCUT2D eigenvalue weighted by atomic mass is 19.1. The number of carbonyl (C=O) groups is 1. The summed E-state index contributed by atoms with van der Waals surface area (Å²) in [6.07, 6.45) is 4.95. The molecule has 194 valence electrons. The highest BCUT2D eigenvalue weighted by Gasteiger charge is 2.32. The fraction of sp³-hybridized carbons (Fsp3) is 0.300. The first-order valence-corrected chi connectivity index (χ1v) is 12.8. The van der Waals surface area contributed by atoms with Crippen molar-refractivity contribution in [3.63, 3.8) is 0 Å². The van der Waals surface area contributed by atoms with E-state index < -0.39 is 12.1 Å². The molecule has 1 fully saturated rings. The first kappa shape index (κ1) is 24.4. The molecule has 2 atom stereocenters. The molecule has 1 saturated heterocycles. The van der Waals surface area contributed by atoms with E-state index in [4.69, 9.17) is 9.73 Å². The number of fused-ring (bicyclic) bond motifs is 2. The normalized spacial score (nSPS) is 19.4. The molecule has 0 aliphatic carbocycles. The molecule has 0 bridgehead atoms. The van der Waals surface area contributed by atoms with Gasteiger partial charge >= 0.3 is 0 Å². The van der Waals surface area contributed by atoms with Crippen LogP contribution in [0.2, 0.25) is 0 Å². The van der Waals surface area contributed by atoms with Gasteiger partial charge in [-0.05, 0) is 42.3 Å². The van der Waals surface area contributed by atoms with Gasteiger partial charge in [-0.1, -0.05) is 18.2 Å². The molecule has 0 spiro atoms. The third kappa shape index (κ3) is 4.60. The third-order valence-electron chi connectivity index (χ3n) is 7.61. The van der Waals surface area contributed by atoms with E-state index >= 15 is 0 Å². The van der Waals surface area contributed by atoms with Gasteiger partial charge in [0.25, 0.3) is 0 Å². The third-order valence-corrected chi connectivity index (χ3v) is 7.61. The molecule has 2 aliphatic rings. The monoisotopic (exact) mass is 514 g/mol. The van der Waals surface area contributed by atoms with Gasteiger partial charge in [-0.25, -0.2) is 13.8 Å². The van der Waals surface area contributed by atoms with Gasteiger partial charge in [0.2, 0.25) is 0 Å². The first-order valence-electron chi connectivity index (χ1n) is 12.8. The van der Waals surface area contributed by atoms with Crippen molar-refractivity contribution in [3.05, 3.63) is 101 Å². The van der Waals surface area contributed by atoms with Gasteiger partial charge in [0.1, 0.15) is 23.4 Å². The summed E-state index contributed by atoms with van der Waals surface area (Å²) in [7, 11) is 1.51. The second kappa shape index (κ2) is 10.1. The van der Waals surface area contributed by atoms with E-state index in [9.17, 15) is 13.6 Å². The smallest absolute Gasteiger partial charge is 0.163 e. The van der Waals surface area contributed by atoms with E-state index in [1.807, 2.05) is 52.0 Å². The molecule has 6 nitrogen and oxygen atoms in total. The second-order valence-electron chi connectivity index (χ2n) is 10.00. The maximum atomic E-state index is 15.0. The number of imidazole rings is 1. The number of hydrogen-bond acceptors (Lipinski definition) is 5. The van der Waals surface area contributed by atoms with Crippen molar-refractivity contribution in [2.24, 2.45) is 10.9 Å². The minimum Gasteiger partial charge on any atom is -0.496 e. The Hall–Kier alpha value is -3.91. The average molecular weight is 515 g/mol. The highest BCUT2D eigenvalue weighted by molar-refractivity contribution is 6.16. The molecule has 2 aromatic carbocycles. The molecule has 0 radical (unpaired) electrons. The number of likely N-dealkylation sites (tertiary alicyclic amines) is 1. The summed E-state index contributed by atoms with van der Waals surface area (Å²) in [5.74, 6) is -0.425. The number of benzene rings is 2. The van der Waals surface area contributed by atoms with Crippen LogP contribution in [0.4, 0.5) is 8.78 Å². The van der Waals surface area contributed by atoms with Gasteiger partial charge in [0.05, 0.1) is 19.4 Å². The number of methoxy groups -OCH3 is 1. The van der Waals surface area contributed by atoms with Crippen LogP contribution in [0.3, 0.4) is 0 Å². The molecular formula is C30H28F2N4O2. The maximum absolute atomic E-state index is 15.0. The second-order valence-corrected chi connectivity index (χ2v) is 10.00. The molecular weight excluding hydrogens is 486 g/mol. The number of nitrogens with zero attached hydrogens (tertiary/aromatic N) is 4. The van der Waals surface area contributed by atoms with Crippen LogP contribution >= 0.6 is 0 Å². The topological polar surface area (TPSA) is 59.2 Å². The summed E-state index contributed by atoms with van der Waals surface area (Å²) in [4.78, 5) is 24.4. The van der Waals surface area contributed by atoms with Crippen LogP contribution in [-0.4, -0.2) is 52.2 Å². The van der Waals surface area contributed by atoms with Gasteiger partial charge < -0.3 is 9.14 Å². The van der Waals surface area contributed by atoms with Crippen molar-refractivity contribution in [1.29, 1.82) is 0 Å². The summed E-state index contributed by atoms with van der Waals surface area (Å²) in [6.45, 7) is 1.76. The number of aromatic nitrogens is 2. The number of ketones is 1. The van der Waals surface area contributed by atoms with Crippen molar-refractivity contribution in [3.8, 4) is 5.75 Å². The lowest BCUT2D eigenvalue weighted by atomic mass is 9.88. The van der Waals surface area contributed by atoms with Gasteiger partial charge in [0, 0.05) is 72.8 Å². The number of hydrogen-bond donors (Lipinski definition) is 0. The van der Waals surface area contributed by atoms with Crippen LogP contribution in [0, 0.1) is 11.7 Å². The van der Waals surface area contributed by atoms with Crippen molar-refractivity contribution in [2.45, 2.75) is 32.1 Å². The van der Waals surface area contributed by atoms with E-state index in [0.29, 0.717) is 49.5 Å². The number of pyridine rings is 1. The van der Waals surface area contributed by atoms with E-state index in [1.165, 1.54) is 13.2 Å². The van der Waals surface area contributed by atoms with Crippen molar-refractivity contribution >= 4 is 17.1 Å². The molecule has 0 saturated carbocycles. The molecule has 6 rings (SSSR count). The van der Waals surface area contributed by atoms with Crippen LogP contribution in [0.25, 0.3) is 5.65 Å². The van der Waals surface area contributed by atoms with E-state index in [-0.39, 0.29) is 18.0 Å². The zero-order valence-electron chi connectivity index (χ0n) is 21.1. The number of aliphatic imine (C=N–C) groups is 1. The Balaban J connectivity index is 1.18. The fourth-order valence-electron chi connectivity index (χ4n) is 5.54. The van der Waals surface area contributed by atoms with Crippen LogP contribution in [0.1, 0.15) is 45.5 Å². The van der Waals surface area contributed by atoms with Gasteiger partial charge in [-0.2, -0.15) is 0 Å². The fourth-order valence-corrected chi connectivity index (χ4v) is 5.54. The summed E-state index contributed by atoms with van der Waals surface area (Å²) in [6, 6.07) is 14.3. The van der Waals surface area contributed by atoms with Gasteiger partial charge in [-0.3, -0.25) is 14.7 Å². The molecule has 2 aliphatic heterocycles. The largest absolute Gasteiger partial charge is 0.496 e. The summed E-state index contributed by atoms with van der Waals surface area (Å²) in [5, 5.41) is 0. The molecule has 0 amide bonds. The van der Waals surface area contributed by atoms with Crippen LogP contribution in [0.15, 0.2) is 72.1 Å². The standard InChI is InChI=1S/C30H28F2N4O2/c1-38-28-4-2-3-26(32)24(28)18-35-11-9-25(31)22(16-35)14-27(37)19-5-6-20-15-34-30(23(20)13-19)21-7-8-29-33-10-12-36(29)17-21/h2-8,10,12-13,17,22,25H,9,11,14-16,18H2,1H3. The Labute approximate surface area is 219 Å².